The summed E-state index contributed by atoms with van der Waals surface area (Å²) in [4.78, 5) is 2.57. The Labute approximate surface area is 248 Å². The molecule has 2 unspecified atom stereocenters. The number of benzene rings is 2. The Morgan fingerprint density at radius 2 is 1.46 bits per heavy atom. The summed E-state index contributed by atoms with van der Waals surface area (Å²) in [6.45, 7) is 17.2. The Morgan fingerprint density at radius 3 is 2.12 bits per heavy atom. The van der Waals surface area contributed by atoms with E-state index in [4.69, 9.17) is 4.74 Å². The van der Waals surface area contributed by atoms with Crippen LogP contribution in [0.1, 0.15) is 65.5 Å². The molecule has 2 atom stereocenters. The van der Waals surface area contributed by atoms with Crippen LogP contribution in [-0.4, -0.2) is 63.0 Å². The average Bonchev–Trinajstić information content (AvgIpc) is 3.36. The number of rotatable bonds is 2. The first kappa shape index (κ1) is 31.2. The average molecular weight is 559 g/mol. The van der Waals surface area contributed by atoms with E-state index < -0.39 is 0 Å². The summed E-state index contributed by atoms with van der Waals surface area (Å²) in [5.41, 5.74) is 11.3. The molecule has 0 saturated heterocycles. The highest BCUT2D eigenvalue weighted by Gasteiger charge is 2.54. The molecule has 5 heterocycles. The predicted octanol–water partition coefficient (Wildman–Crippen LogP) is 7.37. The van der Waals surface area contributed by atoms with Gasteiger partial charge in [-0.1, -0.05) is 50.2 Å². The Bertz CT molecular complexity index is 1340. The molecule has 2 aromatic rings. The van der Waals surface area contributed by atoms with Crippen LogP contribution in [0, 0.1) is 7.43 Å². The predicted molar refractivity (Wildman–Crippen MR) is 171 cm³/mol. The molecular weight excluding hydrogens is 508 g/mol. The van der Waals surface area contributed by atoms with Crippen molar-refractivity contribution >= 4 is 17.1 Å². The second-order valence-electron chi connectivity index (χ2n) is 12.2. The quantitative estimate of drug-likeness (QED) is 0.285. The first-order valence-corrected chi connectivity index (χ1v) is 14.9. The van der Waals surface area contributed by atoms with Crippen molar-refractivity contribution in [3.8, 4) is 0 Å². The van der Waals surface area contributed by atoms with Crippen molar-refractivity contribution in [2.75, 3.05) is 45.4 Å². The third kappa shape index (κ3) is 5.11. The van der Waals surface area contributed by atoms with Crippen LogP contribution in [0.25, 0.3) is 0 Å². The van der Waals surface area contributed by atoms with Gasteiger partial charge in [0.05, 0.1) is 17.6 Å². The molecule has 0 amide bonds. The molecule has 0 spiro atoms. The zero-order valence-electron chi connectivity index (χ0n) is 26.7. The molecule has 0 fully saturated rings. The number of hydrogen-bond donors (Lipinski definition) is 0. The number of nitrogens with zero attached hydrogens (tertiary/aromatic N) is 2. The minimum Gasteiger partial charge on any atom is -0.385 e. The summed E-state index contributed by atoms with van der Waals surface area (Å²) in [5, 5.41) is 0. The van der Waals surface area contributed by atoms with Crippen LogP contribution in [0.3, 0.4) is 0 Å². The number of hydrogen-bond acceptors (Lipinski definition) is 4. The molecule has 0 bridgehead atoms. The number of ether oxygens (including phenoxy) is 3. The highest BCUT2D eigenvalue weighted by molar-refractivity contribution is 6.08. The van der Waals surface area contributed by atoms with Crippen molar-refractivity contribution in [3.63, 3.8) is 0 Å². The number of anilines is 1. The van der Waals surface area contributed by atoms with Crippen molar-refractivity contribution in [1.82, 2.24) is 0 Å². The van der Waals surface area contributed by atoms with Crippen molar-refractivity contribution in [3.05, 3.63) is 90.0 Å². The van der Waals surface area contributed by atoms with Crippen LogP contribution in [0.2, 0.25) is 0 Å². The molecule has 0 aromatic heterocycles. The molecule has 5 aliphatic rings. The van der Waals surface area contributed by atoms with E-state index in [-0.39, 0.29) is 30.5 Å². The van der Waals surface area contributed by atoms with Gasteiger partial charge in [0.25, 0.3) is 0 Å². The molecule has 41 heavy (non-hydrogen) atoms. The summed E-state index contributed by atoms with van der Waals surface area (Å²) >= 11 is 0. The van der Waals surface area contributed by atoms with Crippen LogP contribution < -0.4 is 4.90 Å². The molecule has 5 heteroatoms. The van der Waals surface area contributed by atoms with E-state index in [1.165, 1.54) is 45.1 Å². The monoisotopic (exact) mass is 558 g/mol. The minimum atomic E-state index is -0.00890. The number of methoxy groups -OCH3 is 2. The molecule has 0 N–H and O–H groups in total. The summed E-state index contributed by atoms with van der Waals surface area (Å²) in [7, 11) is 3.36. The van der Waals surface area contributed by atoms with Crippen molar-refractivity contribution in [2.24, 2.45) is 0 Å². The fraction of sp³-hybridized carbons (Fsp3) is 0.500. The van der Waals surface area contributed by atoms with Crippen LogP contribution >= 0.6 is 0 Å². The summed E-state index contributed by atoms with van der Waals surface area (Å²) in [6, 6.07) is 17.9. The van der Waals surface area contributed by atoms with Crippen molar-refractivity contribution < 1.29 is 18.8 Å². The molecule has 7 rings (SSSR count). The number of para-hydroxylation sites is 2. The van der Waals surface area contributed by atoms with Crippen molar-refractivity contribution in [1.29, 1.82) is 0 Å². The summed E-state index contributed by atoms with van der Waals surface area (Å²) in [5.74, 6) is 0. The van der Waals surface area contributed by atoms with E-state index in [1.54, 1.807) is 14.2 Å². The lowest BCUT2D eigenvalue weighted by Crippen LogP contribution is -2.47. The molecule has 5 nitrogen and oxygen atoms in total. The van der Waals surface area contributed by atoms with Gasteiger partial charge in [-0.15, -0.1) is 0 Å². The van der Waals surface area contributed by atoms with Crippen molar-refractivity contribution in [2.45, 2.75) is 77.4 Å². The molecule has 0 radical (unpaired) electrons. The van der Waals surface area contributed by atoms with Gasteiger partial charge >= 0.3 is 0 Å². The normalized spacial score (nSPS) is 23.6. The maximum atomic E-state index is 6.89. The number of fused-ring (bicyclic) bond motifs is 8. The molecular formula is C36H50N2O3. The van der Waals surface area contributed by atoms with Crippen LogP contribution in [0.4, 0.5) is 11.4 Å². The van der Waals surface area contributed by atoms with Gasteiger partial charge in [0.2, 0.25) is 5.69 Å². The third-order valence-electron chi connectivity index (χ3n) is 9.15. The lowest BCUT2D eigenvalue weighted by Gasteiger charge is -2.42. The van der Waals surface area contributed by atoms with Crippen LogP contribution in [0.15, 0.2) is 71.5 Å². The van der Waals surface area contributed by atoms with Gasteiger partial charge in [-0.2, -0.15) is 4.58 Å². The fourth-order valence-electron chi connectivity index (χ4n) is 7.22. The summed E-state index contributed by atoms with van der Waals surface area (Å²) < 4.78 is 18.5. The zero-order chi connectivity index (χ0) is 28.7. The topological polar surface area (TPSA) is 33.9 Å². The smallest absolute Gasteiger partial charge is 0.209 e. The van der Waals surface area contributed by atoms with Gasteiger partial charge < -0.3 is 26.5 Å². The third-order valence-corrected chi connectivity index (χ3v) is 9.15. The maximum Gasteiger partial charge on any atom is 0.209 e. The van der Waals surface area contributed by atoms with E-state index >= 15 is 0 Å². The van der Waals surface area contributed by atoms with E-state index in [0.29, 0.717) is 0 Å². The summed E-state index contributed by atoms with van der Waals surface area (Å²) in [6.07, 6.45) is 5.09. The molecule has 0 aliphatic carbocycles. The zero-order valence-corrected chi connectivity index (χ0v) is 26.7. The van der Waals surface area contributed by atoms with E-state index in [9.17, 15) is 0 Å². The largest absolute Gasteiger partial charge is 0.385 e. The molecule has 5 aliphatic heterocycles. The first-order valence-electron chi connectivity index (χ1n) is 14.9. The second kappa shape index (κ2) is 12.2. The van der Waals surface area contributed by atoms with Gasteiger partial charge in [0, 0.05) is 80.0 Å². The first-order chi connectivity index (χ1) is 19.2. The maximum absolute atomic E-state index is 6.89. The van der Waals surface area contributed by atoms with E-state index in [2.05, 4.69) is 101 Å². The Kier molecular flexibility index (Phi) is 9.32. The standard InChI is InChI=1S/C29H31N2O.2C3H8O.CH3/c1-28(2)20-9-5-7-11-22(20)30-15-13-24-18(26(28)30)17-19-25(32-24)14-16-31-23-12-8-6-10-21(23)29(3,4)27(19)31;2*1-3-4-2;/h5-12,17,24-25H,13-16H2,1-4H3;2*3H2,1-2H3;1H3/q+1;;;-1. The van der Waals surface area contributed by atoms with Gasteiger partial charge in [-0.25, -0.2) is 0 Å². The molecule has 222 valence electrons. The molecule has 0 saturated carbocycles. The van der Waals surface area contributed by atoms with E-state index in [0.717, 1.165) is 39.1 Å². The minimum absolute atomic E-state index is 0. The second-order valence-corrected chi connectivity index (χ2v) is 12.2. The van der Waals surface area contributed by atoms with Gasteiger partial charge in [0.1, 0.15) is 0 Å². The van der Waals surface area contributed by atoms with Gasteiger partial charge in [-0.3, -0.25) is 0 Å². The van der Waals surface area contributed by atoms with Crippen LogP contribution in [0.5, 0.6) is 0 Å². The lowest BCUT2D eigenvalue weighted by atomic mass is 9.74. The SMILES string of the molecule is CC1(C)C2=C3C=C4C5=[N+](CCC4OC3CCN2c2ccccc21)c1ccccc1C5(C)C.CCOC.CCOC.[CH3-]. The Hall–Kier alpha value is -2.73. The Balaban J connectivity index is 0.000000386. The van der Waals surface area contributed by atoms with Crippen LogP contribution in [-0.2, 0) is 25.0 Å². The highest BCUT2D eigenvalue weighted by atomic mass is 16.5. The van der Waals surface area contributed by atoms with Gasteiger partial charge in [-0.05, 0) is 51.8 Å². The Morgan fingerprint density at radius 1 is 0.854 bits per heavy atom. The highest BCUT2D eigenvalue weighted by Crippen LogP contribution is 2.53. The van der Waals surface area contributed by atoms with Gasteiger partial charge in [0.15, 0.2) is 12.3 Å². The molecule has 2 aromatic carbocycles. The fourth-order valence-corrected chi connectivity index (χ4v) is 7.22. The lowest BCUT2D eigenvalue weighted by molar-refractivity contribution is -0.445. The van der Waals surface area contributed by atoms with E-state index in [1.807, 2.05) is 13.8 Å². The number of allylic oxidation sites excluding steroid dienone is 1.